The van der Waals surface area contributed by atoms with Gasteiger partial charge < -0.3 is 5.73 Å². The first-order valence-corrected chi connectivity index (χ1v) is 7.52. The minimum atomic E-state index is 0.400. The van der Waals surface area contributed by atoms with Gasteiger partial charge in [-0.3, -0.25) is 4.90 Å². The molecule has 1 aromatic heterocycles. The molecule has 2 nitrogen and oxygen atoms in total. The van der Waals surface area contributed by atoms with Crippen molar-refractivity contribution in [2.45, 2.75) is 51.7 Å². The van der Waals surface area contributed by atoms with Crippen LogP contribution in [0.15, 0.2) is 17.5 Å². The van der Waals surface area contributed by atoms with Gasteiger partial charge in [-0.25, -0.2) is 0 Å². The fourth-order valence-electron chi connectivity index (χ4n) is 2.97. The Bertz CT molecular complexity index is 334. The van der Waals surface area contributed by atoms with Crippen LogP contribution >= 0.6 is 11.3 Å². The quantitative estimate of drug-likeness (QED) is 0.894. The van der Waals surface area contributed by atoms with Crippen LogP contribution in [0.2, 0.25) is 0 Å². The summed E-state index contributed by atoms with van der Waals surface area (Å²) in [6.45, 7) is 8.11. The monoisotopic (exact) mass is 252 g/mol. The lowest BCUT2D eigenvalue weighted by molar-refractivity contribution is 0.0722. The van der Waals surface area contributed by atoms with E-state index in [4.69, 9.17) is 5.73 Å². The average molecular weight is 252 g/mol. The maximum absolute atomic E-state index is 6.06. The van der Waals surface area contributed by atoms with Gasteiger partial charge in [-0.05, 0) is 37.1 Å². The van der Waals surface area contributed by atoms with Crippen molar-refractivity contribution in [1.82, 2.24) is 4.90 Å². The minimum absolute atomic E-state index is 0.400. The molecule has 3 atom stereocenters. The van der Waals surface area contributed by atoms with E-state index in [0.29, 0.717) is 24.0 Å². The molecule has 1 aliphatic rings. The third-order valence-electron chi connectivity index (χ3n) is 3.79. The first kappa shape index (κ1) is 13.1. The average Bonchev–Trinajstić information content (AvgIpc) is 2.74. The molecular weight excluding hydrogens is 228 g/mol. The number of likely N-dealkylation sites (tertiary alicyclic amines) is 1. The zero-order chi connectivity index (χ0) is 12.4. The van der Waals surface area contributed by atoms with Crippen molar-refractivity contribution >= 4 is 11.3 Å². The molecule has 3 heteroatoms. The Morgan fingerprint density at radius 1 is 1.47 bits per heavy atom. The number of piperidine rings is 1. The van der Waals surface area contributed by atoms with E-state index < -0.39 is 0 Å². The Morgan fingerprint density at radius 3 is 2.76 bits per heavy atom. The minimum Gasteiger partial charge on any atom is -0.328 e. The van der Waals surface area contributed by atoms with Gasteiger partial charge in [-0.2, -0.15) is 0 Å². The smallest absolute Gasteiger partial charge is 0.0467 e. The Kier molecular flexibility index (Phi) is 4.23. The van der Waals surface area contributed by atoms with Crippen molar-refractivity contribution in [3.8, 4) is 0 Å². The number of thiophene rings is 1. The first-order chi connectivity index (χ1) is 8.09. The van der Waals surface area contributed by atoms with Crippen LogP contribution in [-0.2, 0) is 0 Å². The lowest BCUT2D eigenvalue weighted by Gasteiger charge is -2.43. The molecule has 1 aromatic rings. The lowest BCUT2D eigenvalue weighted by atomic mass is 9.92. The zero-order valence-corrected chi connectivity index (χ0v) is 11.9. The summed E-state index contributed by atoms with van der Waals surface area (Å²) in [5.41, 5.74) is 6.06. The van der Waals surface area contributed by atoms with Crippen molar-refractivity contribution in [3.63, 3.8) is 0 Å². The van der Waals surface area contributed by atoms with E-state index in [-0.39, 0.29) is 0 Å². The van der Waals surface area contributed by atoms with Crippen molar-refractivity contribution in [3.05, 3.63) is 22.4 Å². The number of rotatable bonds is 3. The zero-order valence-electron chi connectivity index (χ0n) is 11.1. The molecule has 2 heterocycles. The summed E-state index contributed by atoms with van der Waals surface area (Å²) in [7, 11) is 0. The molecular formula is C14H24N2S. The Hall–Kier alpha value is -0.380. The third kappa shape index (κ3) is 2.90. The van der Waals surface area contributed by atoms with Crippen molar-refractivity contribution in [1.29, 1.82) is 0 Å². The topological polar surface area (TPSA) is 29.3 Å². The van der Waals surface area contributed by atoms with Crippen LogP contribution in [0.3, 0.4) is 0 Å². The predicted molar refractivity (Wildman–Crippen MR) is 75.3 cm³/mol. The Balaban J connectivity index is 2.17. The standard InChI is InChI=1S/C14H24N2S/c1-10(2)14(13-5-4-8-17-13)16-7-6-12(15)9-11(16)3/h4-5,8,10-12,14H,6-7,9,15H2,1-3H3. The summed E-state index contributed by atoms with van der Waals surface area (Å²) in [6.07, 6.45) is 2.27. The van der Waals surface area contributed by atoms with Crippen LogP contribution in [0.25, 0.3) is 0 Å². The van der Waals surface area contributed by atoms with Gasteiger partial charge in [0.15, 0.2) is 0 Å². The fraction of sp³-hybridized carbons (Fsp3) is 0.714. The molecule has 0 aromatic carbocycles. The molecule has 0 saturated carbocycles. The molecule has 1 aliphatic heterocycles. The highest BCUT2D eigenvalue weighted by Crippen LogP contribution is 2.35. The van der Waals surface area contributed by atoms with Crippen molar-refractivity contribution in [2.75, 3.05) is 6.54 Å². The summed E-state index contributed by atoms with van der Waals surface area (Å²) in [4.78, 5) is 4.15. The fourth-order valence-corrected chi connectivity index (χ4v) is 3.99. The molecule has 3 unspecified atom stereocenters. The van der Waals surface area contributed by atoms with Crippen LogP contribution in [-0.4, -0.2) is 23.5 Å². The molecule has 2 rings (SSSR count). The summed E-state index contributed by atoms with van der Waals surface area (Å²) in [6, 6.07) is 6.01. The van der Waals surface area contributed by atoms with E-state index >= 15 is 0 Å². The third-order valence-corrected chi connectivity index (χ3v) is 4.73. The van der Waals surface area contributed by atoms with E-state index in [0.717, 1.165) is 19.4 Å². The van der Waals surface area contributed by atoms with Gasteiger partial charge >= 0.3 is 0 Å². The SMILES string of the molecule is CC(C)C(c1cccs1)N1CCC(N)CC1C. The molecule has 1 saturated heterocycles. The molecule has 1 fully saturated rings. The molecule has 0 amide bonds. The molecule has 96 valence electrons. The van der Waals surface area contributed by atoms with Crippen molar-refractivity contribution < 1.29 is 0 Å². The van der Waals surface area contributed by atoms with Crippen LogP contribution in [0, 0.1) is 5.92 Å². The molecule has 0 radical (unpaired) electrons. The second-order valence-electron chi connectivity index (χ2n) is 5.58. The first-order valence-electron chi connectivity index (χ1n) is 6.64. The summed E-state index contributed by atoms with van der Waals surface area (Å²) in [5, 5.41) is 2.19. The highest BCUT2D eigenvalue weighted by Gasteiger charge is 2.32. The molecule has 2 N–H and O–H groups in total. The second kappa shape index (κ2) is 5.51. The highest BCUT2D eigenvalue weighted by atomic mass is 32.1. The van der Waals surface area contributed by atoms with E-state index in [1.165, 1.54) is 4.88 Å². The van der Waals surface area contributed by atoms with Crippen LogP contribution in [0.1, 0.15) is 44.5 Å². The largest absolute Gasteiger partial charge is 0.328 e. The lowest BCUT2D eigenvalue weighted by Crippen LogP contribution is -2.48. The van der Waals surface area contributed by atoms with Crippen molar-refractivity contribution in [2.24, 2.45) is 11.7 Å². The number of nitrogens with zero attached hydrogens (tertiary/aromatic N) is 1. The summed E-state index contributed by atoms with van der Waals surface area (Å²) in [5.74, 6) is 0.658. The molecule has 0 bridgehead atoms. The number of nitrogens with two attached hydrogens (primary N) is 1. The normalized spacial score (nSPS) is 28.5. The van der Waals surface area contributed by atoms with Crippen LogP contribution < -0.4 is 5.73 Å². The van der Waals surface area contributed by atoms with Crippen LogP contribution in [0.5, 0.6) is 0 Å². The summed E-state index contributed by atoms with van der Waals surface area (Å²) < 4.78 is 0. The van der Waals surface area contributed by atoms with E-state index in [1.54, 1.807) is 0 Å². The Morgan fingerprint density at radius 2 is 2.24 bits per heavy atom. The van der Waals surface area contributed by atoms with E-state index in [9.17, 15) is 0 Å². The predicted octanol–water partition coefficient (Wildman–Crippen LogP) is 3.26. The number of hydrogen-bond donors (Lipinski definition) is 1. The van der Waals surface area contributed by atoms with Gasteiger partial charge in [0.2, 0.25) is 0 Å². The number of hydrogen-bond acceptors (Lipinski definition) is 3. The van der Waals surface area contributed by atoms with Gasteiger partial charge in [0.1, 0.15) is 0 Å². The van der Waals surface area contributed by atoms with E-state index in [1.807, 2.05) is 11.3 Å². The highest BCUT2D eigenvalue weighted by molar-refractivity contribution is 7.10. The van der Waals surface area contributed by atoms with Crippen LogP contribution in [0.4, 0.5) is 0 Å². The van der Waals surface area contributed by atoms with Gasteiger partial charge in [-0.1, -0.05) is 19.9 Å². The Labute approximate surface area is 109 Å². The summed E-state index contributed by atoms with van der Waals surface area (Å²) >= 11 is 1.88. The van der Waals surface area contributed by atoms with E-state index in [2.05, 4.69) is 43.2 Å². The van der Waals surface area contributed by atoms with Gasteiger partial charge in [0.05, 0.1) is 0 Å². The second-order valence-corrected chi connectivity index (χ2v) is 6.55. The molecule has 0 aliphatic carbocycles. The maximum Gasteiger partial charge on any atom is 0.0467 e. The van der Waals surface area contributed by atoms with Gasteiger partial charge in [0.25, 0.3) is 0 Å². The van der Waals surface area contributed by atoms with Gasteiger partial charge in [-0.15, -0.1) is 11.3 Å². The maximum atomic E-state index is 6.06. The molecule has 0 spiro atoms. The molecule has 17 heavy (non-hydrogen) atoms. The van der Waals surface area contributed by atoms with Gasteiger partial charge in [0, 0.05) is 29.5 Å².